The fraction of sp³-hybridized carbons (Fsp3) is 0.200. The molecular weight excluding hydrogens is 350 g/mol. The van der Waals surface area contributed by atoms with Crippen molar-refractivity contribution in [3.63, 3.8) is 0 Å². The fourth-order valence-corrected chi connectivity index (χ4v) is 2.38. The molecule has 1 N–H and O–H groups in total. The van der Waals surface area contributed by atoms with E-state index in [0.717, 1.165) is 17.7 Å². The molecule has 0 radical (unpaired) electrons. The summed E-state index contributed by atoms with van der Waals surface area (Å²) in [5.41, 5.74) is 0.809. The van der Waals surface area contributed by atoms with Gasteiger partial charge in [-0.2, -0.15) is 13.2 Å². The molecule has 0 aliphatic heterocycles. The molecule has 2 aromatic rings. The van der Waals surface area contributed by atoms with Crippen molar-refractivity contribution < 1.29 is 17.6 Å². The number of benzene rings is 2. The summed E-state index contributed by atoms with van der Waals surface area (Å²) >= 11 is 3.04. The van der Waals surface area contributed by atoms with Crippen molar-refractivity contribution in [2.24, 2.45) is 0 Å². The van der Waals surface area contributed by atoms with Gasteiger partial charge in [0.1, 0.15) is 5.82 Å². The highest BCUT2D eigenvalue weighted by Crippen LogP contribution is 2.33. The fourth-order valence-electron chi connectivity index (χ4n) is 1.89. The summed E-state index contributed by atoms with van der Waals surface area (Å²) in [7, 11) is 0. The van der Waals surface area contributed by atoms with Crippen LogP contribution in [0.5, 0.6) is 0 Å². The molecule has 0 aliphatic rings. The highest BCUT2D eigenvalue weighted by molar-refractivity contribution is 9.10. The van der Waals surface area contributed by atoms with Crippen LogP contribution in [-0.2, 0) is 12.7 Å². The van der Waals surface area contributed by atoms with Crippen molar-refractivity contribution in [2.45, 2.75) is 19.6 Å². The number of alkyl halides is 3. The minimum atomic E-state index is -4.42. The second kappa shape index (κ2) is 6.05. The van der Waals surface area contributed by atoms with E-state index in [1.165, 1.54) is 12.1 Å². The van der Waals surface area contributed by atoms with E-state index in [4.69, 9.17) is 0 Å². The summed E-state index contributed by atoms with van der Waals surface area (Å²) in [5, 5.41) is 2.81. The number of nitrogens with one attached hydrogen (secondary N) is 1. The van der Waals surface area contributed by atoms with Gasteiger partial charge in [0, 0.05) is 22.3 Å². The SMILES string of the molecule is Cc1ccc(F)c(CNc2cc(Br)cc(C(F)(F)F)c2)c1. The first-order valence-corrected chi connectivity index (χ1v) is 6.92. The van der Waals surface area contributed by atoms with Crippen molar-refractivity contribution in [3.05, 3.63) is 63.4 Å². The second-order valence-electron chi connectivity index (χ2n) is 4.67. The van der Waals surface area contributed by atoms with Crippen LogP contribution >= 0.6 is 15.9 Å². The Bertz CT molecular complexity index is 653. The van der Waals surface area contributed by atoms with Crippen molar-refractivity contribution >= 4 is 21.6 Å². The molecule has 0 amide bonds. The Morgan fingerprint density at radius 1 is 1.10 bits per heavy atom. The number of aryl methyl sites for hydroxylation is 1. The third kappa shape index (κ3) is 4.20. The van der Waals surface area contributed by atoms with Crippen LogP contribution in [0.2, 0.25) is 0 Å². The zero-order valence-corrected chi connectivity index (χ0v) is 12.6. The molecule has 21 heavy (non-hydrogen) atoms. The Labute approximate surface area is 128 Å². The summed E-state index contributed by atoms with van der Waals surface area (Å²) < 4.78 is 52.1. The van der Waals surface area contributed by atoms with Crippen LogP contribution < -0.4 is 5.32 Å². The van der Waals surface area contributed by atoms with Gasteiger partial charge in [-0.25, -0.2) is 4.39 Å². The van der Waals surface area contributed by atoms with Crippen LogP contribution in [0.15, 0.2) is 40.9 Å². The maximum Gasteiger partial charge on any atom is 0.416 e. The molecule has 0 saturated carbocycles. The Morgan fingerprint density at radius 3 is 2.48 bits per heavy atom. The van der Waals surface area contributed by atoms with Gasteiger partial charge in [-0.3, -0.25) is 0 Å². The molecule has 0 fully saturated rings. The van der Waals surface area contributed by atoms with E-state index in [9.17, 15) is 17.6 Å². The first kappa shape index (κ1) is 15.8. The third-order valence-electron chi connectivity index (χ3n) is 2.91. The lowest BCUT2D eigenvalue weighted by Crippen LogP contribution is -2.07. The molecule has 0 unspecified atom stereocenters. The van der Waals surface area contributed by atoms with Gasteiger partial charge in [-0.1, -0.05) is 33.6 Å². The van der Waals surface area contributed by atoms with Crippen LogP contribution in [0, 0.1) is 12.7 Å². The third-order valence-corrected chi connectivity index (χ3v) is 3.37. The molecule has 2 rings (SSSR count). The van der Waals surface area contributed by atoms with Crippen LogP contribution in [0.3, 0.4) is 0 Å². The first-order valence-electron chi connectivity index (χ1n) is 6.12. The van der Waals surface area contributed by atoms with Crippen LogP contribution in [0.1, 0.15) is 16.7 Å². The van der Waals surface area contributed by atoms with Crippen molar-refractivity contribution in [2.75, 3.05) is 5.32 Å². The highest BCUT2D eigenvalue weighted by Gasteiger charge is 2.31. The first-order chi connectivity index (χ1) is 9.75. The molecule has 0 saturated heterocycles. The number of hydrogen-bond donors (Lipinski definition) is 1. The van der Waals surface area contributed by atoms with Crippen LogP contribution in [0.25, 0.3) is 0 Å². The molecule has 0 spiro atoms. The maximum atomic E-state index is 13.6. The molecule has 0 aliphatic carbocycles. The number of halogens is 5. The lowest BCUT2D eigenvalue weighted by molar-refractivity contribution is -0.137. The van der Waals surface area contributed by atoms with Gasteiger partial charge < -0.3 is 5.32 Å². The lowest BCUT2D eigenvalue weighted by Gasteiger charge is -2.12. The summed E-state index contributed by atoms with van der Waals surface area (Å²) in [6.07, 6.45) is -4.42. The predicted octanol–water partition coefficient (Wildman–Crippen LogP) is 5.53. The topological polar surface area (TPSA) is 12.0 Å². The summed E-state index contributed by atoms with van der Waals surface area (Å²) in [4.78, 5) is 0. The minimum Gasteiger partial charge on any atom is -0.381 e. The van der Waals surface area contributed by atoms with Crippen molar-refractivity contribution in [1.82, 2.24) is 0 Å². The molecule has 6 heteroatoms. The maximum absolute atomic E-state index is 13.6. The van der Waals surface area contributed by atoms with Gasteiger partial charge >= 0.3 is 6.18 Å². The average Bonchev–Trinajstić information content (AvgIpc) is 2.38. The van der Waals surface area contributed by atoms with E-state index in [-0.39, 0.29) is 18.0 Å². The van der Waals surface area contributed by atoms with Crippen molar-refractivity contribution in [3.8, 4) is 0 Å². The number of hydrogen-bond acceptors (Lipinski definition) is 1. The molecule has 2 aromatic carbocycles. The standard InChI is InChI=1S/C15H12BrF4N/c1-9-2-3-14(17)10(4-9)8-21-13-6-11(15(18,19)20)5-12(16)7-13/h2-7,21H,8H2,1H3. The molecular formula is C15H12BrF4N. The van der Waals surface area contributed by atoms with Gasteiger partial charge in [-0.05, 0) is 31.2 Å². The lowest BCUT2D eigenvalue weighted by atomic mass is 10.1. The smallest absolute Gasteiger partial charge is 0.381 e. The monoisotopic (exact) mass is 361 g/mol. The van der Waals surface area contributed by atoms with E-state index in [1.54, 1.807) is 12.1 Å². The number of anilines is 1. The van der Waals surface area contributed by atoms with E-state index in [1.807, 2.05) is 6.92 Å². The Hall–Kier alpha value is -1.56. The molecule has 0 bridgehead atoms. The largest absolute Gasteiger partial charge is 0.416 e. The van der Waals surface area contributed by atoms with E-state index < -0.39 is 11.7 Å². The molecule has 0 aromatic heterocycles. The van der Waals surface area contributed by atoms with Gasteiger partial charge in [0.25, 0.3) is 0 Å². The van der Waals surface area contributed by atoms with Gasteiger partial charge in [0.2, 0.25) is 0 Å². The summed E-state index contributed by atoms with van der Waals surface area (Å²) in [5.74, 6) is -0.390. The van der Waals surface area contributed by atoms with E-state index >= 15 is 0 Å². The quantitative estimate of drug-likeness (QED) is 0.709. The highest BCUT2D eigenvalue weighted by atomic mass is 79.9. The molecule has 0 atom stereocenters. The van der Waals surface area contributed by atoms with Gasteiger partial charge in [-0.15, -0.1) is 0 Å². The van der Waals surface area contributed by atoms with Crippen LogP contribution in [-0.4, -0.2) is 0 Å². The zero-order chi connectivity index (χ0) is 15.6. The summed E-state index contributed by atoms with van der Waals surface area (Å²) in [6.45, 7) is 1.94. The zero-order valence-electron chi connectivity index (χ0n) is 11.1. The predicted molar refractivity (Wildman–Crippen MR) is 77.6 cm³/mol. The molecule has 112 valence electrons. The average molecular weight is 362 g/mol. The Kier molecular flexibility index (Phi) is 4.56. The van der Waals surface area contributed by atoms with E-state index in [0.29, 0.717) is 10.0 Å². The van der Waals surface area contributed by atoms with Crippen molar-refractivity contribution in [1.29, 1.82) is 0 Å². The minimum absolute atomic E-state index is 0.112. The molecule has 0 heterocycles. The van der Waals surface area contributed by atoms with Crippen LogP contribution in [0.4, 0.5) is 23.2 Å². The molecule has 1 nitrogen and oxygen atoms in total. The van der Waals surface area contributed by atoms with E-state index in [2.05, 4.69) is 21.2 Å². The summed E-state index contributed by atoms with van der Waals surface area (Å²) in [6, 6.07) is 8.15. The Balaban J connectivity index is 2.20. The van der Waals surface area contributed by atoms with Gasteiger partial charge in [0.05, 0.1) is 5.56 Å². The normalized spacial score (nSPS) is 11.5. The van der Waals surface area contributed by atoms with Gasteiger partial charge in [0.15, 0.2) is 0 Å². The number of rotatable bonds is 3. The second-order valence-corrected chi connectivity index (χ2v) is 5.59. The Morgan fingerprint density at radius 2 is 1.81 bits per heavy atom.